The molecule has 0 saturated carbocycles. The highest BCUT2D eigenvalue weighted by atomic mass is 16.2. The van der Waals surface area contributed by atoms with Gasteiger partial charge < -0.3 is 10.2 Å². The van der Waals surface area contributed by atoms with E-state index in [1.807, 2.05) is 21.8 Å². The highest BCUT2D eigenvalue weighted by Gasteiger charge is 2.30. The van der Waals surface area contributed by atoms with Crippen LogP contribution in [0.4, 0.5) is 0 Å². The van der Waals surface area contributed by atoms with Crippen LogP contribution in [-0.4, -0.2) is 45.8 Å². The van der Waals surface area contributed by atoms with Crippen molar-refractivity contribution in [1.82, 2.24) is 20.0 Å². The highest BCUT2D eigenvalue weighted by Crippen LogP contribution is 2.20. The first-order valence-electron chi connectivity index (χ1n) is 6.82. The lowest BCUT2D eigenvalue weighted by atomic mass is 10.1. The third-order valence-electron chi connectivity index (χ3n) is 3.99. The first-order chi connectivity index (χ1) is 8.81. The zero-order valence-corrected chi connectivity index (χ0v) is 10.6. The molecule has 2 fully saturated rings. The summed E-state index contributed by atoms with van der Waals surface area (Å²) in [5, 5.41) is 7.72. The molecule has 2 atom stereocenters. The Kier molecular flexibility index (Phi) is 3.32. The Hall–Kier alpha value is -1.36. The minimum Gasteiger partial charge on any atom is -0.341 e. The van der Waals surface area contributed by atoms with E-state index in [0.29, 0.717) is 25.0 Å². The van der Waals surface area contributed by atoms with Gasteiger partial charge in [-0.1, -0.05) is 0 Å². The van der Waals surface area contributed by atoms with Gasteiger partial charge in [0.2, 0.25) is 5.91 Å². The van der Waals surface area contributed by atoms with E-state index in [1.165, 1.54) is 12.8 Å². The van der Waals surface area contributed by atoms with Gasteiger partial charge in [0.05, 0.1) is 0 Å². The fourth-order valence-electron chi connectivity index (χ4n) is 2.97. The van der Waals surface area contributed by atoms with Gasteiger partial charge in [0.15, 0.2) is 0 Å². The van der Waals surface area contributed by atoms with Crippen molar-refractivity contribution in [2.75, 3.05) is 13.1 Å². The van der Waals surface area contributed by atoms with Crippen molar-refractivity contribution in [2.24, 2.45) is 0 Å². The Labute approximate surface area is 107 Å². The molecule has 5 heteroatoms. The van der Waals surface area contributed by atoms with E-state index < -0.39 is 0 Å². The number of fused-ring (bicyclic) bond motifs is 2. The van der Waals surface area contributed by atoms with Gasteiger partial charge in [-0.25, -0.2) is 0 Å². The van der Waals surface area contributed by atoms with Gasteiger partial charge >= 0.3 is 0 Å². The van der Waals surface area contributed by atoms with E-state index in [1.54, 1.807) is 6.20 Å². The first kappa shape index (κ1) is 11.7. The van der Waals surface area contributed by atoms with E-state index >= 15 is 0 Å². The monoisotopic (exact) mass is 248 g/mol. The smallest absolute Gasteiger partial charge is 0.224 e. The lowest BCUT2D eigenvalue weighted by molar-refractivity contribution is -0.131. The summed E-state index contributed by atoms with van der Waals surface area (Å²) < 4.78 is 1.82. The molecule has 0 aromatic carbocycles. The lowest BCUT2D eigenvalue weighted by Crippen LogP contribution is -2.39. The van der Waals surface area contributed by atoms with E-state index in [0.717, 1.165) is 19.5 Å². The molecular formula is C13H20N4O. The zero-order valence-electron chi connectivity index (χ0n) is 10.6. The summed E-state index contributed by atoms with van der Waals surface area (Å²) >= 11 is 0. The van der Waals surface area contributed by atoms with Gasteiger partial charge in [0.25, 0.3) is 0 Å². The molecule has 3 rings (SSSR count). The molecule has 18 heavy (non-hydrogen) atoms. The Morgan fingerprint density at radius 3 is 3.06 bits per heavy atom. The molecule has 1 aromatic rings. The van der Waals surface area contributed by atoms with E-state index in [9.17, 15) is 4.79 Å². The summed E-state index contributed by atoms with van der Waals surface area (Å²) in [6, 6.07) is 3.05. The maximum Gasteiger partial charge on any atom is 0.224 e. The molecule has 2 bridgehead atoms. The van der Waals surface area contributed by atoms with Gasteiger partial charge in [-0.2, -0.15) is 5.10 Å². The fourth-order valence-corrected chi connectivity index (χ4v) is 2.97. The largest absolute Gasteiger partial charge is 0.341 e. The highest BCUT2D eigenvalue weighted by molar-refractivity contribution is 5.76. The second-order valence-electron chi connectivity index (χ2n) is 5.29. The van der Waals surface area contributed by atoms with Crippen LogP contribution in [0, 0.1) is 0 Å². The standard InChI is InChI=1S/C13H20N4O/c18-13(5-9-17-7-1-6-14-17)16-8-4-11-2-3-12(10-16)15-11/h1,6-7,11-12,15H,2-5,8-10H2. The minimum atomic E-state index is 0.264. The Morgan fingerprint density at radius 2 is 2.22 bits per heavy atom. The van der Waals surface area contributed by atoms with Crippen molar-refractivity contribution in [3.05, 3.63) is 18.5 Å². The summed E-state index contributed by atoms with van der Waals surface area (Å²) in [6.07, 6.45) is 7.80. The van der Waals surface area contributed by atoms with Crippen molar-refractivity contribution in [1.29, 1.82) is 0 Å². The molecule has 0 spiro atoms. The van der Waals surface area contributed by atoms with Gasteiger partial charge in [0.1, 0.15) is 0 Å². The molecule has 1 amide bonds. The molecule has 2 saturated heterocycles. The predicted octanol–water partition coefficient (Wildman–Crippen LogP) is 0.626. The normalized spacial score (nSPS) is 27.2. The molecule has 5 nitrogen and oxygen atoms in total. The van der Waals surface area contributed by atoms with Crippen molar-refractivity contribution < 1.29 is 4.79 Å². The quantitative estimate of drug-likeness (QED) is 0.853. The number of carbonyl (C=O) groups excluding carboxylic acids is 1. The molecule has 2 aliphatic rings. The molecular weight excluding hydrogens is 228 g/mol. The van der Waals surface area contributed by atoms with Crippen LogP contribution in [0.25, 0.3) is 0 Å². The van der Waals surface area contributed by atoms with E-state index in [2.05, 4.69) is 10.4 Å². The summed E-state index contributed by atoms with van der Waals surface area (Å²) in [5.74, 6) is 0.264. The van der Waals surface area contributed by atoms with Crippen LogP contribution >= 0.6 is 0 Å². The van der Waals surface area contributed by atoms with Crippen LogP contribution in [0.1, 0.15) is 25.7 Å². The van der Waals surface area contributed by atoms with Crippen LogP contribution in [0.3, 0.4) is 0 Å². The van der Waals surface area contributed by atoms with Crippen molar-refractivity contribution in [3.8, 4) is 0 Å². The third kappa shape index (κ3) is 2.56. The Balaban J connectivity index is 1.52. The van der Waals surface area contributed by atoms with Gasteiger partial charge in [-0.15, -0.1) is 0 Å². The van der Waals surface area contributed by atoms with E-state index in [4.69, 9.17) is 0 Å². The zero-order chi connectivity index (χ0) is 12.4. The number of carbonyl (C=O) groups is 1. The SMILES string of the molecule is O=C(CCn1cccn1)N1CCC2CCC(C1)N2. The average molecular weight is 248 g/mol. The van der Waals surface area contributed by atoms with Crippen LogP contribution in [0.15, 0.2) is 18.5 Å². The summed E-state index contributed by atoms with van der Waals surface area (Å²) in [5.41, 5.74) is 0. The Bertz CT molecular complexity index is 403. The maximum absolute atomic E-state index is 12.2. The lowest BCUT2D eigenvalue weighted by Gasteiger charge is -2.24. The van der Waals surface area contributed by atoms with Crippen molar-refractivity contribution >= 4 is 5.91 Å². The van der Waals surface area contributed by atoms with E-state index in [-0.39, 0.29) is 5.91 Å². The van der Waals surface area contributed by atoms with Crippen molar-refractivity contribution in [3.63, 3.8) is 0 Å². The van der Waals surface area contributed by atoms with Crippen molar-refractivity contribution in [2.45, 2.75) is 44.3 Å². The molecule has 1 N–H and O–H groups in total. The first-order valence-corrected chi connectivity index (χ1v) is 6.82. The molecule has 0 radical (unpaired) electrons. The number of aryl methyl sites for hydroxylation is 1. The Morgan fingerprint density at radius 1 is 1.33 bits per heavy atom. The number of nitrogens with zero attached hydrogens (tertiary/aromatic N) is 3. The molecule has 98 valence electrons. The maximum atomic E-state index is 12.2. The number of rotatable bonds is 3. The second-order valence-corrected chi connectivity index (χ2v) is 5.29. The molecule has 2 unspecified atom stereocenters. The number of nitrogens with one attached hydrogen (secondary N) is 1. The number of aromatic nitrogens is 2. The number of likely N-dealkylation sites (tertiary alicyclic amines) is 1. The number of amides is 1. The van der Waals surface area contributed by atoms with Gasteiger partial charge in [0, 0.05) is 50.5 Å². The minimum absolute atomic E-state index is 0.264. The van der Waals surface area contributed by atoms with Crippen LogP contribution in [-0.2, 0) is 11.3 Å². The molecule has 0 aliphatic carbocycles. The van der Waals surface area contributed by atoms with Gasteiger partial charge in [-0.05, 0) is 25.3 Å². The molecule has 2 aliphatic heterocycles. The molecule has 3 heterocycles. The summed E-state index contributed by atoms with van der Waals surface area (Å²) in [7, 11) is 0. The van der Waals surface area contributed by atoms with Crippen LogP contribution in [0.2, 0.25) is 0 Å². The van der Waals surface area contributed by atoms with Crippen LogP contribution in [0.5, 0.6) is 0 Å². The number of hydrogen-bond donors (Lipinski definition) is 1. The molecule has 1 aromatic heterocycles. The van der Waals surface area contributed by atoms with Crippen LogP contribution < -0.4 is 5.32 Å². The third-order valence-corrected chi connectivity index (χ3v) is 3.99. The van der Waals surface area contributed by atoms with Gasteiger partial charge in [-0.3, -0.25) is 9.48 Å². The summed E-state index contributed by atoms with van der Waals surface area (Å²) in [6.45, 7) is 2.48. The number of hydrogen-bond acceptors (Lipinski definition) is 3. The predicted molar refractivity (Wildman–Crippen MR) is 68.0 cm³/mol. The topological polar surface area (TPSA) is 50.2 Å². The fraction of sp³-hybridized carbons (Fsp3) is 0.692. The summed E-state index contributed by atoms with van der Waals surface area (Å²) in [4.78, 5) is 14.2. The second kappa shape index (κ2) is 5.10. The average Bonchev–Trinajstić information content (AvgIpc) is 2.96.